The van der Waals surface area contributed by atoms with Gasteiger partial charge in [-0.3, -0.25) is 24.7 Å². The van der Waals surface area contributed by atoms with Crippen LogP contribution in [0.5, 0.6) is 5.75 Å². The van der Waals surface area contributed by atoms with Crippen LogP contribution in [0.1, 0.15) is 61.3 Å². The van der Waals surface area contributed by atoms with Crippen LogP contribution in [0.3, 0.4) is 0 Å². The fraction of sp³-hybridized carbons (Fsp3) is 0.375. The first-order chi connectivity index (χ1) is 28.4. The summed E-state index contributed by atoms with van der Waals surface area (Å²) < 4.78 is 23.7. The van der Waals surface area contributed by atoms with Crippen LogP contribution in [0.15, 0.2) is 109 Å². The summed E-state index contributed by atoms with van der Waals surface area (Å²) >= 11 is 6.35. The number of carbonyl (C=O) groups is 2. The number of likely N-dealkylation sites (tertiary alicyclic amines) is 2. The van der Waals surface area contributed by atoms with Gasteiger partial charge in [-0.15, -0.1) is 11.6 Å². The average molecular weight is 800 g/mol. The van der Waals surface area contributed by atoms with Crippen molar-refractivity contribution >= 4 is 51.0 Å². The van der Waals surface area contributed by atoms with E-state index >= 15 is 4.39 Å². The van der Waals surface area contributed by atoms with Gasteiger partial charge < -0.3 is 14.2 Å². The van der Waals surface area contributed by atoms with E-state index in [1.807, 2.05) is 29.1 Å². The lowest BCUT2D eigenvalue weighted by Crippen LogP contribution is -2.49. The van der Waals surface area contributed by atoms with Crippen LogP contribution < -0.4 is 15.0 Å². The number of hydrogen-bond donors (Lipinski definition) is 1. The molecule has 0 aliphatic carbocycles. The summed E-state index contributed by atoms with van der Waals surface area (Å²) in [6.07, 6.45) is 8.71. The molecule has 300 valence electrons. The molecule has 0 radical (unpaired) electrons. The highest BCUT2D eigenvalue weighted by atomic mass is 35.5. The molecule has 2 amide bonds. The van der Waals surface area contributed by atoms with Gasteiger partial charge in [0.1, 0.15) is 24.2 Å². The molecule has 1 aromatic heterocycles. The molecule has 58 heavy (non-hydrogen) atoms. The summed E-state index contributed by atoms with van der Waals surface area (Å²) in [5.41, 5.74) is 6.61. The molecule has 0 spiro atoms. The summed E-state index contributed by atoms with van der Waals surface area (Å²) in [7, 11) is 0. The van der Waals surface area contributed by atoms with E-state index in [4.69, 9.17) is 16.3 Å². The molecule has 5 heterocycles. The third-order valence-electron chi connectivity index (χ3n) is 12.8. The van der Waals surface area contributed by atoms with E-state index < -0.39 is 6.04 Å². The van der Waals surface area contributed by atoms with Crippen molar-refractivity contribution in [1.82, 2.24) is 19.7 Å². The number of anilines is 1. The number of piperidine rings is 2. The first kappa shape index (κ1) is 38.6. The Morgan fingerprint density at radius 1 is 0.810 bits per heavy atom. The number of aromatic nitrogens is 1. The molecule has 4 fully saturated rings. The van der Waals surface area contributed by atoms with Gasteiger partial charge >= 0.3 is 0 Å². The monoisotopic (exact) mass is 799 g/mol. The largest absolute Gasteiger partial charge is 0.492 e. The van der Waals surface area contributed by atoms with Crippen molar-refractivity contribution in [3.63, 3.8) is 0 Å². The summed E-state index contributed by atoms with van der Waals surface area (Å²) in [6, 6.07) is 33.5. The Labute approximate surface area is 345 Å². The van der Waals surface area contributed by atoms with E-state index in [2.05, 4.69) is 98.9 Å². The van der Waals surface area contributed by atoms with E-state index in [0.717, 1.165) is 74.2 Å². The number of carbonyl (C=O) groups excluding carboxylic acids is 2. The van der Waals surface area contributed by atoms with Gasteiger partial charge in [0, 0.05) is 73.7 Å². The van der Waals surface area contributed by atoms with Gasteiger partial charge in [-0.25, -0.2) is 4.39 Å². The highest BCUT2D eigenvalue weighted by Crippen LogP contribution is 2.39. The lowest BCUT2D eigenvalue weighted by atomic mass is 9.88. The lowest BCUT2D eigenvalue weighted by molar-refractivity contribution is -0.135. The lowest BCUT2D eigenvalue weighted by Gasteiger charge is -2.39. The minimum Gasteiger partial charge on any atom is -0.492 e. The van der Waals surface area contributed by atoms with E-state index in [1.54, 1.807) is 6.07 Å². The molecule has 3 unspecified atom stereocenters. The quantitative estimate of drug-likeness (QED) is 0.0734. The summed E-state index contributed by atoms with van der Waals surface area (Å²) in [5.74, 6) is 1.35. The van der Waals surface area contributed by atoms with Crippen LogP contribution in [-0.4, -0.2) is 90.0 Å². The highest BCUT2D eigenvalue weighted by Gasteiger charge is 2.44. The second-order valence-corrected chi connectivity index (χ2v) is 16.8. The van der Waals surface area contributed by atoms with Crippen LogP contribution in [0, 0.1) is 11.7 Å². The predicted octanol–water partition coefficient (Wildman–Crippen LogP) is 8.40. The van der Waals surface area contributed by atoms with Gasteiger partial charge in [0.2, 0.25) is 11.8 Å². The first-order valence-corrected chi connectivity index (χ1v) is 21.4. The van der Waals surface area contributed by atoms with Gasteiger partial charge in [-0.1, -0.05) is 72.8 Å². The van der Waals surface area contributed by atoms with Crippen molar-refractivity contribution < 1.29 is 18.7 Å². The number of rotatable bonds is 13. The smallest absolute Gasteiger partial charge is 0.249 e. The van der Waals surface area contributed by atoms with Crippen LogP contribution in [-0.2, 0) is 9.59 Å². The molecule has 3 atom stereocenters. The average Bonchev–Trinajstić information content (AvgIpc) is 3.97. The first-order valence-electron chi connectivity index (χ1n) is 20.9. The highest BCUT2D eigenvalue weighted by molar-refractivity contribution is 6.18. The maximum atomic E-state index is 15.6. The number of allylic oxidation sites excluding steroid dienone is 1. The van der Waals surface area contributed by atoms with E-state index in [-0.39, 0.29) is 17.6 Å². The van der Waals surface area contributed by atoms with Crippen molar-refractivity contribution in [1.29, 1.82) is 0 Å². The molecular weight excluding hydrogens is 749 g/mol. The fourth-order valence-electron chi connectivity index (χ4n) is 9.81. The molecule has 5 aromatic rings. The number of alkyl halides is 1. The minimum absolute atomic E-state index is 0.217. The van der Waals surface area contributed by atoms with Crippen molar-refractivity contribution in [2.75, 3.05) is 56.7 Å². The molecule has 2 bridgehead atoms. The van der Waals surface area contributed by atoms with Crippen LogP contribution in [0.4, 0.5) is 10.1 Å². The third-order valence-corrected chi connectivity index (χ3v) is 13.0. The number of hydrogen-bond acceptors (Lipinski definition) is 6. The van der Waals surface area contributed by atoms with Gasteiger partial charge in [0.15, 0.2) is 0 Å². The number of piperazine rings is 1. The second kappa shape index (κ2) is 17.1. The molecule has 4 aliphatic rings. The Morgan fingerprint density at radius 3 is 2.17 bits per heavy atom. The van der Waals surface area contributed by atoms with Crippen molar-refractivity contribution in [3.05, 3.63) is 132 Å². The summed E-state index contributed by atoms with van der Waals surface area (Å²) in [6.45, 7) is 6.64. The maximum Gasteiger partial charge on any atom is 0.249 e. The van der Waals surface area contributed by atoms with Crippen LogP contribution in [0.2, 0.25) is 0 Å². The van der Waals surface area contributed by atoms with Gasteiger partial charge in [-0.05, 0) is 103 Å². The van der Waals surface area contributed by atoms with E-state index in [0.29, 0.717) is 49.0 Å². The van der Waals surface area contributed by atoms with E-state index in [1.165, 1.54) is 35.1 Å². The molecule has 4 aromatic carbocycles. The molecule has 0 saturated carbocycles. The predicted molar refractivity (Wildman–Crippen MR) is 230 cm³/mol. The molecular formula is C48H51ClFN5O3. The number of ether oxygens (including phenoxy) is 1. The van der Waals surface area contributed by atoms with Gasteiger partial charge in [0.05, 0.1) is 5.69 Å². The molecule has 8 nitrogen and oxygen atoms in total. The molecule has 10 heteroatoms. The van der Waals surface area contributed by atoms with Crippen LogP contribution >= 0.6 is 11.6 Å². The zero-order chi connectivity index (χ0) is 39.6. The Balaban J connectivity index is 0.753. The summed E-state index contributed by atoms with van der Waals surface area (Å²) in [5, 5.41) is 4.11. The Hall–Kier alpha value is -4.96. The standard InChI is InChI=1S/C48H51ClFN5O3/c49-20-17-42(34-7-3-1-4-8-34)47(35-9-5-2-6-10-35)36-11-13-41(14-12-36)58-24-23-52-21-18-33(19-22-52)28-53-31-40-27-39(53)32-55(40)45-26-38-30-54(29-37(38)25-43(45)50)44-15-16-46(56)51-48(44)57/h1-14,25-26,29-30,33,39-40,44H,15-24,27-28,31-32H2,(H,51,56,57). The SMILES string of the molecule is O=C1CCC(n2cc3cc(F)c(N4CC5CC4CN5CC4CCN(CCOc5ccc(C(=C(CCCl)c6ccccc6)c6ccccc6)cc5)CC4)cc3c2)C(=O)N1. The Bertz CT molecular complexity index is 2270. The Kier molecular flexibility index (Phi) is 11.4. The Morgan fingerprint density at radius 2 is 1.50 bits per heavy atom. The molecule has 9 rings (SSSR count). The zero-order valence-electron chi connectivity index (χ0n) is 32.9. The minimum atomic E-state index is -0.449. The van der Waals surface area contributed by atoms with Gasteiger partial charge in [-0.2, -0.15) is 0 Å². The number of amides is 2. The normalized spacial score (nSPS) is 22.1. The fourth-order valence-corrected chi connectivity index (χ4v) is 10.0. The zero-order valence-corrected chi connectivity index (χ0v) is 33.6. The molecule has 4 saturated heterocycles. The number of halogens is 2. The van der Waals surface area contributed by atoms with Crippen molar-refractivity contribution in [2.24, 2.45) is 5.92 Å². The number of nitrogens with one attached hydrogen (secondary N) is 1. The number of nitrogens with zero attached hydrogens (tertiary/aromatic N) is 4. The topological polar surface area (TPSA) is 70.0 Å². The molecule has 1 N–H and O–H groups in total. The summed E-state index contributed by atoms with van der Waals surface area (Å²) in [4.78, 5) is 31.5. The van der Waals surface area contributed by atoms with Crippen molar-refractivity contribution in [2.45, 2.75) is 56.7 Å². The van der Waals surface area contributed by atoms with Gasteiger partial charge in [0.25, 0.3) is 0 Å². The number of imide groups is 1. The number of fused-ring (bicyclic) bond motifs is 3. The third kappa shape index (κ3) is 8.17. The second-order valence-electron chi connectivity index (χ2n) is 16.4. The number of benzene rings is 4. The van der Waals surface area contributed by atoms with E-state index in [9.17, 15) is 9.59 Å². The molecule has 4 aliphatic heterocycles. The van der Waals surface area contributed by atoms with Crippen LogP contribution in [0.25, 0.3) is 21.9 Å². The van der Waals surface area contributed by atoms with Crippen molar-refractivity contribution in [3.8, 4) is 5.75 Å². The maximum absolute atomic E-state index is 15.6.